The van der Waals surface area contributed by atoms with E-state index in [2.05, 4.69) is 10.2 Å². The van der Waals surface area contributed by atoms with E-state index in [1.165, 1.54) is 12.1 Å². The summed E-state index contributed by atoms with van der Waals surface area (Å²) in [6.07, 6.45) is -2.20. The van der Waals surface area contributed by atoms with Gasteiger partial charge in [-0.1, -0.05) is 11.6 Å². The van der Waals surface area contributed by atoms with E-state index < -0.39 is 23.5 Å². The molecule has 142 valence electrons. The van der Waals surface area contributed by atoms with Gasteiger partial charge >= 0.3 is 12.1 Å². The molecule has 5 nitrogen and oxygen atoms in total. The van der Waals surface area contributed by atoms with E-state index in [1.54, 1.807) is 6.07 Å². The molecule has 0 amide bonds. The van der Waals surface area contributed by atoms with Crippen LogP contribution in [0.5, 0.6) is 0 Å². The third-order valence-electron chi connectivity index (χ3n) is 4.28. The van der Waals surface area contributed by atoms with Gasteiger partial charge < -0.3 is 10.0 Å². The molecule has 1 aromatic carbocycles. The number of carbonyl (C=O) groups is 1. The first-order chi connectivity index (χ1) is 12.7. The van der Waals surface area contributed by atoms with E-state index in [9.17, 15) is 22.4 Å². The van der Waals surface area contributed by atoms with Crippen LogP contribution < -0.4 is 4.90 Å². The Hall–Kier alpha value is -2.97. The Bertz CT molecular complexity index is 869. The molecule has 0 atom stereocenters. The summed E-state index contributed by atoms with van der Waals surface area (Å²) in [6.45, 7) is 0.979. The number of nitrogens with zero attached hydrogens (tertiary/aromatic N) is 3. The maximum Gasteiger partial charge on any atom is 0.416 e. The fourth-order valence-corrected chi connectivity index (χ4v) is 2.91. The van der Waals surface area contributed by atoms with Crippen molar-refractivity contribution in [3.05, 3.63) is 58.5 Å². The molecular weight excluding hydrogens is 366 g/mol. The lowest BCUT2D eigenvalue weighted by Gasteiger charge is -2.29. The third kappa shape index (κ3) is 4.42. The second-order valence-corrected chi connectivity index (χ2v) is 6.10. The average Bonchev–Trinajstić information content (AvgIpc) is 2.61. The molecule has 1 fully saturated rings. The Morgan fingerprint density at radius 2 is 1.81 bits per heavy atom. The summed E-state index contributed by atoms with van der Waals surface area (Å²) >= 11 is 0. The highest BCUT2D eigenvalue weighted by Crippen LogP contribution is 2.34. The summed E-state index contributed by atoms with van der Waals surface area (Å²) in [4.78, 5) is 12.7. The molecule has 1 N–H and O–H groups in total. The highest BCUT2D eigenvalue weighted by molar-refractivity contribution is 5.85. The fraction of sp³-hybridized carbons (Fsp3) is 0.278. The molecule has 27 heavy (non-hydrogen) atoms. The first kappa shape index (κ1) is 18.8. The molecule has 0 aliphatic carbocycles. The molecule has 0 bridgehead atoms. The summed E-state index contributed by atoms with van der Waals surface area (Å²) in [5.41, 5.74) is -0.440. The van der Waals surface area contributed by atoms with Crippen molar-refractivity contribution in [2.75, 3.05) is 18.0 Å². The molecule has 0 spiro atoms. The van der Waals surface area contributed by atoms with Crippen LogP contribution in [0, 0.1) is 5.82 Å². The lowest BCUT2D eigenvalue weighted by atomic mass is 9.98. The van der Waals surface area contributed by atoms with Gasteiger partial charge in [0.15, 0.2) is 11.5 Å². The van der Waals surface area contributed by atoms with Crippen LogP contribution >= 0.6 is 0 Å². The van der Waals surface area contributed by atoms with E-state index in [4.69, 9.17) is 5.11 Å². The van der Waals surface area contributed by atoms with Gasteiger partial charge in [0.05, 0.1) is 5.56 Å². The monoisotopic (exact) mass is 381 g/mol. The lowest BCUT2D eigenvalue weighted by molar-refractivity contribution is -0.137. The molecule has 3 rings (SSSR count). The first-order valence-corrected chi connectivity index (χ1v) is 8.12. The standard InChI is InChI=1S/C18H15F4N3O2/c19-13-1-2-14(18(20,21)22)12(10-13)9-11-5-7-25(8-6-11)16-4-3-15(17(26)27)23-24-16/h1-4,9-10H,5-8H2,(H,26,27). The van der Waals surface area contributed by atoms with E-state index in [0.29, 0.717) is 31.7 Å². The molecule has 1 aliphatic heterocycles. The van der Waals surface area contributed by atoms with Crippen LogP contribution in [0.3, 0.4) is 0 Å². The van der Waals surface area contributed by atoms with Gasteiger partial charge in [-0.3, -0.25) is 0 Å². The smallest absolute Gasteiger partial charge is 0.416 e. The average molecular weight is 381 g/mol. The Labute approximate surface area is 151 Å². The summed E-state index contributed by atoms with van der Waals surface area (Å²) in [6, 6.07) is 5.32. The van der Waals surface area contributed by atoms with Gasteiger partial charge in [0, 0.05) is 13.1 Å². The largest absolute Gasteiger partial charge is 0.476 e. The zero-order chi connectivity index (χ0) is 19.6. The van der Waals surface area contributed by atoms with Crippen molar-refractivity contribution in [2.45, 2.75) is 19.0 Å². The molecule has 0 radical (unpaired) electrons. The Balaban J connectivity index is 1.74. The molecule has 1 aliphatic rings. The van der Waals surface area contributed by atoms with E-state index in [1.807, 2.05) is 4.90 Å². The molecule has 9 heteroatoms. The minimum Gasteiger partial charge on any atom is -0.476 e. The second-order valence-electron chi connectivity index (χ2n) is 6.10. The van der Waals surface area contributed by atoms with Gasteiger partial charge in [0.1, 0.15) is 5.82 Å². The number of aromatic nitrogens is 2. The number of hydrogen-bond donors (Lipinski definition) is 1. The van der Waals surface area contributed by atoms with Crippen LogP contribution in [-0.2, 0) is 6.18 Å². The number of carboxylic acids is 1. The van der Waals surface area contributed by atoms with Crippen LogP contribution in [0.1, 0.15) is 34.5 Å². The number of benzene rings is 1. The van der Waals surface area contributed by atoms with E-state index in [0.717, 1.165) is 23.8 Å². The zero-order valence-corrected chi connectivity index (χ0v) is 14.0. The van der Waals surface area contributed by atoms with Gasteiger partial charge in [-0.05, 0) is 48.7 Å². The third-order valence-corrected chi connectivity index (χ3v) is 4.28. The van der Waals surface area contributed by atoms with Crippen molar-refractivity contribution < 1.29 is 27.5 Å². The normalized spacial score (nSPS) is 15.0. The van der Waals surface area contributed by atoms with Crippen LogP contribution in [0.2, 0.25) is 0 Å². The lowest BCUT2D eigenvalue weighted by Crippen LogP contribution is -2.31. The minimum atomic E-state index is -4.55. The maximum absolute atomic E-state index is 13.4. The summed E-state index contributed by atoms with van der Waals surface area (Å²) < 4.78 is 52.7. The summed E-state index contributed by atoms with van der Waals surface area (Å²) in [7, 11) is 0. The number of anilines is 1. The van der Waals surface area contributed by atoms with Gasteiger partial charge in [0.2, 0.25) is 0 Å². The number of alkyl halides is 3. The van der Waals surface area contributed by atoms with Crippen molar-refractivity contribution in [1.82, 2.24) is 10.2 Å². The van der Waals surface area contributed by atoms with Gasteiger partial charge in [-0.2, -0.15) is 13.2 Å². The predicted octanol–water partition coefficient (Wildman–Crippen LogP) is 4.02. The molecule has 2 aromatic rings. The molecular formula is C18H15F4N3O2. The highest BCUT2D eigenvalue weighted by Gasteiger charge is 2.33. The van der Waals surface area contributed by atoms with Crippen molar-refractivity contribution >= 4 is 17.9 Å². The number of rotatable bonds is 3. The molecule has 0 unspecified atom stereocenters. The SMILES string of the molecule is O=C(O)c1ccc(N2CCC(=Cc3cc(F)ccc3C(F)(F)F)CC2)nn1. The van der Waals surface area contributed by atoms with Crippen molar-refractivity contribution in [2.24, 2.45) is 0 Å². The zero-order valence-electron chi connectivity index (χ0n) is 14.0. The fourth-order valence-electron chi connectivity index (χ4n) is 2.91. The van der Waals surface area contributed by atoms with Crippen molar-refractivity contribution in [1.29, 1.82) is 0 Å². The van der Waals surface area contributed by atoms with Crippen LogP contribution in [0.4, 0.5) is 23.4 Å². The maximum atomic E-state index is 13.4. The second kappa shape index (κ2) is 7.34. The highest BCUT2D eigenvalue weighted by atomic mass is 19.4. The number of aromatic carboxylic acids is 1. The van der Waals surface area contributed by atoms with E-state index in [-0.39, 0.29) is 11.3 Å². The Morgan fingerprint density at radius 3 is 2.37 bits per heavy atom. The van der Waals surface area contributed by atoms with Crippen LogP contribution in [0.15, 0.2) is 35.9 Å². The van der Waals surface area contributed by atoms with Gasteiger partial charge in [-0.15, -0.1) is 10.2 Å². The summed E-state index contributed by atoms with van der Waals surface area (Å²) in [5.74, 6) is -1.39. The number of carboxylic acid groups (broad SMARTS) is 1. The van der Waals surface area contributed by atoms with Crippen molar-refractivity contribution in [3.63, 3.8) is 0 Å². The molecule has 1 saturated heterocycles. The first-order valence-electron chi connectivity index (χ1n) is 8.12. The van der Waals surface area contributed by atoms with Crippen molar-refractivity contribution in [3.8, 4) is 0 Å². The van der Waals surface area contributed by atoms with Gasteiger partial charge in [-0.25, -0.2) is 9.18 Å². The van der Waals surface area contributed by atoms with Gasteiger partial charge in [0.25, 0.3) is 0 Å². The van der Waals surface area contributed by atoms with Crippen LogP contribution in [0.25, 0.3) is 6.08 Å². The Kier molecular flexibility index (Phi) is 5.11. The minimum absolute atomic E-state index is 0.165. The quantitative estimate of drug-likeness (QED) is 0.814. The number of hydrogen-bond acceptors (Lipinski definition) is 4. The number of piperidine rings is 1. The topological polar surface area (TPSA) is 66.3 Å². The Morgan fingerprint density at radius 1 is 1.11 bits per heavy atom. The molecule has 1 aromatic heterocycles. The molecule has 0 saturated carbocycles. The van der Waals surface area contributed by atoms with Crippen LogP contribution in [-0.4, -0.2) is 34.4 Å². The molecule has 2 heterocycles. The van der Waals surface area contributed by atoms with E-state index >= 15 is 0 Å². The predicted molar refractivity (Wildman–Crippen MR) is 89.8 cm³/mol. The summed E-state index contributed by atoms with van der Waals surface area (Å²) in [5, 5.41) is 16.3. The number of halogens is 4.